The van der Waals surface area contributed by atoms with Crippen molar-refractivity contribution in [3.63, 3.8) is 0 Å². The van der Waals surface area contributed by atoms with Gasteiger partial charge in [-0.25, -0.2) is 0 Å². The Kier molecular flexibility index (Phi) is 10.9. The minimum absolute atomic E-state index is 0.0430. The van der Waals surface area contributed by atoms with Gasteiger partial charge in [-0.1, -0.05) is 71.9 Å². The summed E-state index contributed by atoms with van der Waals surface area (Å²) in [5.74, 6) is 1.03. The van der Waals surface area contributed by atoms with E-state index in [1.54, 1.807) is 6.92 Å². The third-order valence-electron chi connectivity index (χ3n) is 7.13. The molecule has 2 aromatic carbocycles. The van der Waals surface area contributed by atoms with Gasteiger partial charge in [0.15, 0.2) is 11.6 Å². The maximum absolute atomic E-state index is 12.5. The van der Waals surface area contributed by atoms with Crippen LogP contribution >= 0.6 is 0 Å². The lowest BCUT2D eigenvalue weighted by Gasteiger charge is -2.33. The van der Waals surface area contributed by atoms with Gasteiger partial charge in [0.05, 0.1) is 0 Å². The van der Waals surface area contributed by atoms with Crippen LogP contribution in [-0.4, -0.2) is 11.6 Å². The molecule has 0 heterocycles. The smallest absolute Gasteiger partial charge is 0.163 e. The van der Waals surface area contributed by atoms with Gasteiger partial charge in [-0.05, 0) is 85.6 Å². The summed E-state index contributed by atoms with van der Waals surface area (Å²) in [5.41, 5.74) is 10.8. The van der Waals surface area contributed by atoms with Gasteiger partial charge in [0, 0.05) is 23.0 Å². The number of carbonyl (C=O) groups is 2. The molecule has 4 rings (SSSR count). The van der Waals surface area contributed by atoms with Crippen molar-refractivity contribution in [1.29, 1.82) is 0 Å². The average molecular weight is 501 g/mol. The number of Topliss-reactive ketones (excluding diaryl/α,β-unsaturated/α-hetero) is 2. The Hall–Kier alpha value is -3.16. The molecule has 0 N–H and O–H groups in total. The minimum Gasteiger partial charge on any atom is -0.489 e. The maximum Gasteiger partial charge on any atom is 0.163 e. The van der Waals surface area contributed by atoms with Gasteiger partial charge in [-0.15, -0.1) is 5.73 Å². The molecular formula is C34H44O3. The molecule has 2 aliphatic carbocycles. The number of allylic oxidation sites excluding steroid dienone is 3. The number of rotatable bonds is 5. The second-order valence-corrected chi connectivity index (χ2v) is 9.98. The topological polar surface area (TPSA) is 43.4 Å². The zero-order chi connectivity index (χ0) is 27.8. The van der Waals surface area contributed by atoms with Gasteiger partial charge < -0.3 is 4.74 Å². The van der Waals surface area contributed by atoms with Crippen molar-refractivity contribution in [3.8, 4) is 5.75 Å². The standard InChI is InChI=1S/C29H30O3.C3H8.C2H6/c1-6-18(2)29(5)15-21-10-12-23(14-26(21)27(16-29)20(4)30)32-17-22-11-13-25-24(19(22)3)8-7-9-28(25)31;1-3-2;1-2/h10-14,16H,1,7-9,15,17H2,2-5H3;3H2,1-2H3;1-2H3. The van der Waals surface area contributed by atoms with Crippen LogP contribution in [0.3, 0.4) is 0 Å². The number of ketones is 2. The van der Waals surface area contributed by atoms with Gasteiger partial charge in [0.25, 0.3) is 0 Å². The zero-order valence-electron chi connectivity index (χ0n) is 24.1. The lowest BCUT2D eigenvalue weighted by atomic mass is 9.70. The first-order chi connectivity index (χ1) is 17.6. The molecule has 0 amide bonds. The normalized spacial score (nSPS) is 17.4. The third kappa shape index (κ3) is 6.79. The van der Waals surface area contributed by atoms with E-state index in [0.29, 0.717) is 13.0 Å². The zero-order valence-corrected chi connectivity index (χ0v) is 24.1. The fourth-order valence-corrected chi connectivity index (χ4v) is 4.89. The quantitative estimate of drug-likeness (QED) is 0.385. The first-order valence-corrected chi connectivity index (χ1v) is 13.7. The van der Waals surface area contributed by atoms with E-state index in [9.17, 15) is 9.59 Å². The van der Waals surface area contributed by atoms with E-state index in [1.165, 1.54) is 12.0 Å². The molecule has 0 aromatic heterocycles. The summed E-state index contributed by atoms with van der Waals surface area (Å²) in [6.45, 7) is 20.3. The van der Waals surface area contributed by atoms with Crippen molar-refractivity contribution < 1.29 is 14.3 Å². The van der Waals surface area contributed by atoms with Crippen LogP contribution in [0.1, 0.15) is 106 Å². The molecule has 0 fully saturated rings. The fraction of sp³-hybridized carbons (Fsp3) is 0.441. The van der Waals surface area contributed by atoms with Crippen LogP contribution in [0.2, 0.25) is 0 Å². The highest BCUT2D eigenvalue weighted by Crippen LogP contribution is 2.42. The molecule has 1 unspecified atom stereocenters. The number of fused-ring (bicyclic) bond motifs is 2. The van der Waals surface area contributed by atoms with Crippen molar-refractivity contribution in [1.82, 2.24) is 0 Å². The molecule has 198 valence electrons. The highest BCUT2D eigenvalue weighted by Gasteiger charge is 2.32. The number of ether oxygens (including phenoxy) is 1. The number of hydrogen-bond donors (Lipinski definition) is 0. The van der Waals surface area contributed by atoms with Crippen LogP contribution < -0.4 is 4.74 Å². The Labute approximate surface area is 224 Å². The molecule has 0 bridgehead atoms. The molecule has 0 aliphatic heterocycles. The number of benzene rings is 2. The molecule has 0 saturated heterocycles. The van der Waals surface area contributed by atoms with E-state index in [2.05, 4.69) is 52.1 Å². The van der Waals surface area contributed by atoms with Crippen molar-refractivity contribution >= 4 is 17.1 Å². The summed E-state index contributed by atoms with van der Waals surface area (Å²) in [6, 6.07) is 9.97. The Bertz CT molecular complexity index is 1220. The van der Waals surface area contributed by atoms with Crippen LogP contribution in [-0.2, 0) is 24.2 Å². The second-order valence-electron chi connectivity index (χ2n) is 9.98. The third-order valence-corrected chi connectivity index (χ3v) is 7.13. The summed E-state index contributed by atoms with van der Waals surface area (Å²) >= 11 is 0. The van der Waals surface area contributed by atoms with Gasteiger partial charge >= 0.3 is 0 Å². The van der Waals surface area contributed by atoms with Crippen molar-refractivity contribution in [2.75, 3.05) is 0 Å². The average Bonchev–Trinajstić information content (AvgIpc) is 2.89. The molecule has 0 saturated carbocycles. The van der Waals surface area contributed by atoms with Gasteiger partial charge in [0.1, 0.15) is 12.4 Å². The van der Waals surface area contributed by atoms with Crippen LogP contribution in [0.5, 0.6) is 5.75 Å². The molecule has 2 aliphatic rings. The Morgan fingerprint density at radius 3 is 2.38 bits per heavy atom. The van der Waals surface area contributed by atoms with Crippen LogP contribution in [0, 0.1) is 12.3 Å². The monoisotopic (exact) mass is 500 g/mol. The van der Waals surface area contributed by atoms with E-state index in [1.807, 2.05) is 45.0 Å². The first kappa shape index (κ1) is 30.1. The number of hydrogen-bond acceptors (Lipinski definition) is 3. The van der Waals surface area contributed by atoms with E-state index >= 15 is 0 Å². The van der Waals surface area contributed by atoms with Crippen molar-refractivity contribution in [2.24, 2.45) is 5.41 Å². The van der Waals surface area contributed by atoms with Crippen LogP contribution in [0.15, 0.2) is 54.3 Å². The number of carbonyl (C=O) groups excluding carboxylic acids is 2. The molecule has 2 aromatic rings. The largest absolute Gasteiger partial charge is 0.489 e. The molecule has 3 heteroatoms. The van der Waals surface area contributed by atoms with Crippen molar-refractivity contribution in [2.45, 2.75) is 94.1 Å². The lowest BCUT2D eigenvalue weighted by Crippen LogP contribution is -2.24. The molecule has 0 spiro atoms. The van der Waals surface area contributed by atoms with Gasteiger partial charge in [-0.2, -0.15) is 0 Å². The van der Waals surface area contributed by atoms with Gasteiger partial charge in [0.2, 0.25) is 0 Å². The summed E-state index contributed by atoms with van der Waals surface area (Å²) in [4.78, 5) is 24.7. The minimum atomic E-state index is -0.268. The van der Waals surface area contributed by atoms with E-state index < -0.39 is 0 Å². The first-order valence-electron chi connectivity index (χ1n) is 13.7. The molecule has 1 atom stereocenters. The maximum atomic E-state index is 12.5. The second kappa shape index (κ2) is 13.4. The molecular weight excluding hydrogens is 456 g/mol. The summed E-state index contributed by atoms with van der Waals surface area (Å²) in [5, 5.41) is 0. The lowest BCUT2D eigenvalue weighted by molar-refractivity contribution is -0.111. The Morgan fingerprint density at radius 2 is 1.76 bits per heavy atom. The van der Waals surface area contributed by atoms with Crippen LogP contribution in [0.4, 0.5) is 0 Å². The van der Waals surface area contributed by atoms with Gasteiger partial charge in [-0.3, -0.25) is 9.59 Å². The molecule has 0 radical (unpaired) electrons. The Morgan fingerprint density at radius 1 is 1.08 bits per heavy atom. The summed E-state index contributed by atoms with van der Waals surface area (Å²) < 4.78 is 6.15. The van der Waals surface area contributed by atoms with Crippen molar-refractivity contribution in [3.05, 3.63) is 87.7 Å². The van der Waals surface area contributed by atoms with Crippen LogP contribution in [0.25, 0.3) is 5.57 Å². The summed E-state index contributed by atoms with van der Waals surface area (Å²) in [7, 11) is 0. The fourth-order valence-electron chi connectivity index (χ4n) is 4.89. The van der Waals surface area contributed by atoms with E-state index in [-0.39, 0.29) is 17.0 Å². The SMILES string of the molecule is C=C=C(C)C1(C)C=C(C(C)=O)c2cc(OCc3ccc4c(c3C)CCCC4=O)ccc2C1.CC.CCC. The van der Waals surface area contributed by atoms with E-state index in [4.69, 9.17) is 4.74 Å². The molecule has 37 heavy (non-hydrogen) atoms. The predicted molar refractivity (Wildman–Crippen MR) is 155 cm³/mol. The highest BCUT2D eigenvalue weighted by molar-refractivity contribution is 6.20. The molecule has 3 nitrogen and oxygen atoms in total. The summed E-state index contributed by atoms with van der Waals surface area (Å²) in [6.07, 6.45) is 6.61. The van der Waals surface area contributed by atoms with E-state index in [0.717, 1.165) is 64.0 Å². The Balaban J connectivity index is 0.000000898. The predicted octanol–water partition coefficient (Wildman–Crippen LogP) is 8.80. The highest BCUT2D eigenvalue weighted by atomic mass is 16.5.